The number of nitrogens with zero attached hydrogens (tertiary/aromatic N) is 2. The molecule has 0 saturated carbocycles. The van der Waals surface area contributed by atoms with Crippen molar-refractivity contribution in [3.05, 3.63) is 23.3 Å². The Morgan fingerprint density at radius 3 is 2.44 bits per heavy atom. The molecule has 1 unspecified atom stereocenters. The van der Waals surface area contributed by atoms with Gasteiger partial charge in [0.1, 0.15) is 5.82 Å². The van der Waals surface area contributed by atoms with Crippen LogP contribution < -0.4 is 5.73 Å². The maximum atomic E-state index is 5.95. The van der Waals surface area contributed by atoms with Crippen molar-refractivity contribution >= 4 is 0 Å². The van der Waals surface area contributed by atoms with Crippen LogP contribution in [0.4, 0.5) is 0 Å². The molecular weight excluding hydrogens is 198 g/mol. The van der Waals surface area contributed by atoms with Gasteiger partial charge in [0.2, 0.25) is 0 Å². The largest absolute Gasteiger partial charge is 0.327 e. The lowest BCUT2D eigenvalue weighted by Gasteiger charge is -2.18. The Morgan fingerprint density at radius 2 is 1.94 bits per heavy atom. The van der Waals surface area contributed by atoms with Gasteiger partial charge in [0.15, 0.2) is 0 Å². The van der Waals surface area contributed by atoms with Crippen molar-refractivity contribution in [3.63, 3.8) is 0 Å². The van der Waals surface area contributed by atoms with Crippen LogP contribution in [0.3, 0.4) is 0 Å². The van der Waals surface area contributed by atoms with E-state index in [0.717, 1.165) is 30.1 Å². The number of aromatic nitrogens is 2. The Hall–Kier alpha value is -0.960. The number of aryl methyl sites for hydroxylation is 1. The third-order valence-electron chi connectivity index (χ3n) is 2.57. The Morgan fingerprint density at radius 1 is 1.31 bits per heavy atom. The summed E-state index contributed by atoms with van der Waals surface area (Å²) in [5.74, 6) is 0.908. The molecule has 0 aromatic carbocycles. The molecular formula is C13H23N3. The summed E-state index contributed by atoms with van der Waals surface area (Å²) in [5, 5.41) is 0. The van der Waals surface area contributed by atoms with Crippen molar-refractivity contribution in [2.45, 2.75) is 58.9 Å². The van der Waals surface area contributed by atoms with Gasteiger partial charge < -0.3 is 5.73 Å². The second-order valence-corrected chi connectivity index (χ2v) is 5.45. The van der Waals surface area contributed by atoms with E-state index in [4.69, 9.17) is 5.73 Å². The molecule has 1 aromatic rings. The topological polar surface area (TPSA) is 51.8 Å². The van der Waals surface area contributed by atoms with Gasteiger partial charge in [-0.1, -0.05) is 27.7 Å². The molecule has 3 nitrogen and oxygen atoms in total. The highest BCUT2D eigenvalue weighted by atomic mass is 14.9. The fourth-order valence-electron chi connectivity index (χ4n) is 1.49. The van der Waals surface area contributed by atoms with Crippen molar-refractivity contribution in [3.8, 4) is 0 Å². The van der Waals surface area contributed by atoms with Crippen LogP contribution in [0.1, 0.15) is 51.3 Å². The molecule has 1 atom stereocenters. The van der Waals surface area contributed by atoms with Crippen LogP contribution in [0, 0.1) is 6.92 Å². The molecule has 2 N–H and O–H groups in total. The van der Waals surface area contributed by atoms with E-state index >= 15 is 0 Å². The molecule has 1 heterocycles. The van der Waals surface area contributed by atoms with Gasteiger partial charge in [-0.15, -0.1) is 0 Å². The minimum absolute atomic E-state index is 0.00290. The molecule has 0 aliphatic carbocycles. The van der Waals surface area contributed by atoms with E-state index in [1.165, 1.54) is 0 Å². The van der Waals surface area contributed by atoms with E-state index in [1.807, 2.05) is 13.0 Å². The van der Waals surface area contributed by atoms with Crippen molar-refractivity contribution in [2.75, 3.05) is 0 Å². The van der Waals surface area contributed by atoms with Crippen molar-refractivity contribution in [2.24, 2.45) is 5.73 Å². The Bertz CT molecular complexity index is 353. The zero-order valence-corrected chi connectivity index (χ0v) is 11.0. The highest BCUT2D eigenvalue weighted by Crippen LogP contribution is 2.19. The first-order chi connectivity index (χ1) is 7.32. The average molecular weight is 221 g/mol. The van der Waals surface area contributed by atoms with Crippen molar-refractivity contribution in [1.82, 2.24) is 9.97 Å². The van der Waals surface area contributed by atoms with Gasteiger partial charge in [-0.3, -0.25) is 0 Å². The van der Waals surface area contributed by atoms with Crippen molar-refractivity contribution in [1.29, 1.82) is 0 Å². The van der Waals surface area contributed by atoms with E-state index < -0.39 is 0 Å². The van der Waals surface area contributed by atoms with Crippen LogP contribution in [0.2, 0.25) is 0 Å². The first-order valence-electron chi connectivity index (χ1n) is 5.93. The van der Waals surface area contributed by atoms with Gasteiger partial charge in [-0.25, -0.2) is 9.97 Å². The monoisotopic (exact) mass is 221 g/mol. The molecule has 0 spiro atoms. The highest BCUT2D eigenvalue weighted by molar-refractivity contribution is 5.15. The third kappa shape index (κ3) is 3.56. The van der Waals surface area contributed by atoms with Crippen LogP contribution in [0.5, 0.6) is 0 Å². The number of hydrogen-bond donors (Lipinski definition) is 1. The van der Waals surface area contributed by atoms with Crippen LogP contribution in [0.25, 0.3) is 0 Å². The molecule has 90 valence electrons. The van der Waals surface area contributed by atoms with Gasteiger partial charge in [0, 0.05) is 29.3 Å². The fraction of sp³-hybridized carbons (Fsp3) is 0.692. The van der Waals surface area contributed by atoms with Gasteiger partial charge in [-0.2, -0.15) is 0 Å². The standard InChI is InChI=1S/C13H23N3/c1-6-10(14)8-11-7-9(2)15-12(16-11)13(3,4)5/h7,10H,6,8,14H2,1-5H3. The maximum absolute atomic E-state index is 5.95. The smallest absolute Gasteiger partial charge is 0.134 e. The second kappa shape index (κ2) is 4.91. The molecule has 0 radical (unpaired) electrons. The number of hydrogen-bond acceptors (Lipinski definition) is 3. The zero-order chi connectivity index (χ0) is 12.3. The van der Waals surface area contributed by atoms with Crippen LogP contribution >= 0.6 is 0 Å². The van der Waals surface area contributed by atoms with E-state index in [-0.39, 0.29) is 11.5 Å². The predicted octanol–water partition coefficient (Wildman–Crippen LogP) is 2.36. The van der Waals surface area contributed by atoms with Crippen LogP contribution in [0.15, 0.2) is 6.07 Å². The highest BCUT2D eigenvalue weighted by Gasteiger charge is 2.18. The molecule has 3 heteroatoms. The summed E-state index contributed by atoms with van der Waals surface area (Å²) in [6, 6.07) is 2.23. The fourth-order valence-corrected chi connectivity index (χ4v) is 1.49. The SMILES string of the molecule is CCC(N)Cc1cc(C)nc(C(C)(C)C)n1. The van der Waals surface area contributed by atoms with Gasteiger partial charge in [-0.05, 0) is 19.4 Å². The minimum Gasteiger partial charge on any atom is -0.327 e. The molecule has 0 bridgehead atoms. The first kappa shape index (κ1) is 13.1. The van der Waals surface area contributed by atoms with Gasteiger partial charge in [0.05, 0.1) is 0 Å². The molecule has 0 aliphatic heterocycles. The van der Waals surface area contributed by atoms with Crippen molar-refractivity contribution < 1.29 is 0 Å². The van der Waals surface area contributed by atoms with E-state index in [0.29, 0.717) is 0 Å². The third-order valence-corrected chi connectivity index (χ3v) is 2.57. The lowest BCUT2D eigenvalue weighted by Crippen LogP contribution is -2.24. The maximum Gasteiger partial charge on any atom is 0.134 e. The molecule has 0 aliphatic rings. The lowest BCUT2D eigenvalue weighted by atomic mass is 9.95. The molecule has 16 heavy (non-hydrogen) atoms. The summed E-state index contributed by atoms with van der Waals surface area (Å²) in [4.78, 5) is 9.09. The summed E-state index contributed by atoms with van der Waals surface area (Å²) >= 11 is 0. The van der Waals surface area contributed by atoms with Crippen LogP contribution in [-0.2, 0) is 11.8 Å². The van der Waals surface area contributed by atoms with Gasteiger partial charge in [0.25, 0.3) is 0 Å². The van der Waals surface area contributed by atoms with E-state index in [2.05, 4.69) is 37.7 Å². The lowest BCUT2D eigenvalue weighted by molar-refractivity contribution is 0.534. The minimum atomic E-state index is -0.00290. The molecule has 0 amide bonds. The molecule has 1 aromatic heterocycles. The van der Waals surface area contributed by atoms with E-state index in [9.17, 15) is 0 Å². The van der Waals surface area contributed by atoms with Crippen LogP contribution in [-0.4, -0.2) is 16.0 Å². The summed E-state index contributed by atoms with van der Waals surface area (Å²) < 4.78 is 0. The first-order valence-corrected chi connectivity index (χ1v) is 5.93. The molecule has 0 fully saturated rings. The predicted molar refractivity (Wildman–Crippen MR) is 67.4 cm³/mol. The Balaban J connectivity index is 2.99. The van der Waals surface area contributed by atoms with Gasteiger partial charge >= 0.3 is 0 Å². The summed E-state index contributed by atoms with van der Waals surface area (Å²) in [5.41, 5.74) is 8.04. The van der Waals surface area contributed by atoms with E-state index in [1.54, 1.807) is 0 Å². The molecule has 0 saturated heterocycles. The zero-order valence-electron chi connectivity index (χ0n) is 11.0. The average Bonchev–Trinajstić information content (AvgIpc) is 2.15. The second-order valence-electron chi connectivity index (χ2n) is 5.45. The number of nitrogens with two attached hydrogens (primary N) is 1. The number of rotatable bonds is 3. The Kier molecular flexibility index (Phi) is 4.03. The normalized spacial score (nSPS) is 13.9. The summed E-state index contributed by atoms with van der Waals surface area (Å²) in [6.45, 7) is 10.5. The quantitative estimate of drug-likeness (QED) is 0.852. The summed E-state index contributed by atoms with van der Waals surface area (Å²) in [6.07, 6.45) is 1.82. The molecule has 1 rings (SSSR count). The summed E-state index contributed by atoms with van der Waals surface area (Å²) in [7, 11) is 0. The Labute approximate surface area is 98.5 Å².